The fraction of sp³-hybridized carbons (Fsp3) is 0.250. The van der Waals surface area contributed by atoms with Gasteiger partial charge >= 0.3 is 5.97 Å². The molecule has 2 aromatic rings. The number of carbonyl (C=O) groups excluding carboxylic acids is 1. The molecule has 0 radical (unpaired) electrons. The van der Waals surface area contributed by atoms with Crippen LogP contribution in [0, 0.1) is 0 Å². The number of carbonyl (C=O) groups is 1. The molecule has 21 heavy (non-hydrogen) atoms. The van der Waals surface area contributed by atoms with Crippen molar-refractivity contribution in [2.75, 3.05) is 12.3 Å². The van der Waals surface area contributed by atoms with Crippen LogP contribution >= 0.6 is 0 Å². The molecule has 1 aliphatic rings. The monoisotopic (exact) mass is 284 g/mol. The minimum Gasteiger partial charge on any atom is -0.464 e. The molecule has 0 amide bonds. The van der Waals surface area contributed by atoms with E-state index in [9.17, 15) is 9.59 Å². The summed E-state index contributed by atoms with van der Waals surface area (Å²) in [5.41, 5.74) is 8.32. The summed E-state index contributed by atoms with van der Waals surface area (Å²) in [5, 5.41) is 0. The van der Waals surface area contributed by atoms with Crippen molar-refractivity contribution in [3.05, 3.63) is 64.1 Å². The molecule has 0 saturated heterocycles. The normalized spacial score (nSPS) is 15.9. The van der Waals surface area contributed by atoms with Crippen molar-refractivity contribution >= 4 is 11.7 Å². The second-order valence-electron chi connectivity index (χ2n) is 5.21. The van der Waals surface area contributed by atoms with Crippen molar-refractivity contribution in [2.24, 2.45) is 0 Å². The Hall–Kier alpha value is -2.56. The van der Waals surface area contributed by atoms with Crippen LogP contribution in [0.3, 0.4) is 0 Å². The smallest absolute Gasteiger partial charge is 0.326 e. The first kappa shape index (κ1) is 13.4. The van der Waals surface area contributed by atoms with Gasteiger partial charge in [0.15, 0.2) is 0 Å². The lowest BCUT2D eigenvalue weighted by Crippen LogP contribution is -2.27. The minimum absolute atomic E-state index is 0.113. The molecule has 2 N–H and O–H groups in total. The quantitative estimate of drug-likeness (QED) is 0.859. The van der Waals surface area contributed by atoms with Gasteiger partial charge in [0, 0.05) is 23.9 Å². The molecule has 0 fully saturated rings. The van der Waals surface area contributed by atoms with E-state index in [2.05, 4.69) is 12.1 Å². The molecule has 1 heterocycles. The number of benzene rings is 1. The van der Waals surface area contributed by atoms with Gasteiger partial charge in [-0.25, -0.2) is 0 Å². The molecule has 1 unspecified atom stereocenters. The Kier molecular flexibility index (Phi) is 3.48. The zero-order chi connectivity index (χ0) is 14.8. The number of anilines is 1. The molecule has 0 spiro atoms. The first-order valence-electron chi connectivity index (χ1n) is 6.83. The largest absolute Gasteiger partial charge is 0.464 e. The summed E-state index contributed by atoms with van der Waals surface area (Å²) >= 11 is 0. The number of esters is 1. The first-order valence-corrected chi connectivity index (χ1v) is 6.83. The lowest BCUT2D eigenvalue weighted by molar-refractivity contribution is -0.145. The van der Waals surface area contributed by atoms with Crippen LogP contribution in [0.2, 0.25) is 0 Å². The Labute approximate surface area is 122 Å². The van der Waals surface area contributed by atoms with Gasteiger partial charge in [-0.3, -0.25) is 9.59 Å². The van der Waals surface area contributed by atoms with Gasteiger partial charge in [-0.2, -0.15) is 0 Å². The molecule has 5 heteroatoms. The highest BCUT2D eigenvalue weighted by Gasteiger charge is 2.26. The van der Waals surface area contributed by atoms with Crippen molar-refractivity contribution in [1.82, 2.24) is 4.57 Å². The number of rotatable bonds is 4. The molecule has 108 valence electrons. The van der Waals surface area contributed by atoms with E-state index in [4.69, 9.17) is 10.5 Å². The average Bonchev–Trinajstić information content (AvgIpc) is 2.44. The number of nitrogen functional groups attached to an aromatic ring is 1. The van der Waals surface area contributed by atoms with Crippen LogP contribution < -0.4 is 11.3 Å². The zero-order valence-corrected chi connectivity index (χ0v) is 11.5. The van der Waals surface area contributed by atoms with Gasteiger partial charge in [-0.05, 0) is 23.6 Å². The first-order chi connectivity index (χ1) is 10.1. The van der Waals surface area contributed by atoms with E-state index < -0.39 is 5.97 Å². The van der Waals surface area contributed by atoms with Gasteiger partial charge in [-0.1, -0.05) is 24.3 Å². The van der Waals surface area contributed by atoms with Crippen molar-refractivity contribution < 1.29 is 9.53 Å². The van der Waals surface area contributed by atoms with Gasteiger partial charge in [-0.15, -0.1) is 0 Å². The summed E-state index contributed by atoms with van der Waals surface area (Å²) in [6.45, 7) is 0.241. The van der Waals surface area contributed by atoms with Crippen LogP contribution in [-0.2, 0) is 22.5 Å². The maximum absolute atomic E-state index is 11.8. The topological polar surface area (TPSA) is 74.3 Å². The third-order valence-electron chi connectivity index (χ3n) is 3.71. The van der Waals surface area contributed by atoms with Gasteiger partial charge in [0.25, 0.3) is 5.56 Å². The summed E-state index contributed by atoms with van der Waals surface area (Å²) < 4.78 is 6.52. The minimum atomic E-state index is -0.424. The maximum Gasteiger partial charge on any atom is 0.326 e. The predicted octanol–water partition coefficient (Wildman–Crippen LogP) is 1.31. The van der Waals surface area contributed by atoms with Gasteiger partial charge in [0.05, 0.1) is 6.61 Å². The van der Waals surface area contributed by atoms with Crippen molar-refractivity contribution in [3.63, 3.8) is 0 Å². The van der Waals surface area contributed by atoms with E-state index in [0.29, 0.717) is 12.3 Å². The van der Waals surface area contributed by atoms with E-state index in [0.717, 1.165) is 6.42 Å². The number of fused-ring (bicyclic) bond motifs is 1. The molecular formula is C16H16N2O3. The van der Waals surface area contributed by atoms with Gasteiger partial charge < -0.3 is 15.0 Å². The Bertz CT molecular complexity index is 736. The maximum atomic E-state index is 11.8. The third kappa shape index (κ3) is 2.81. The van der Waals surface area contributed by atoms with Gasteiger partial charge in [0.1, 0.15) is 6.54 Å². The zero-order valence-electron chi connectivity index (χ0n) is 11.5. The number of pyridine rings is 1. The molecular weight excluding hydrogens is 268 g/mol. The number of hydrogen-bond donors (Lipinski definition) is 1. The molecule has 1 atom stereocenters. The Morgan fingerprint density at radius 2 is 2.10 bits per heavy atom. The summed E-state index contributed by atoms with van der Waals surface area (Å²) in [6, 6.07) is 11.0. The van der Waals surface area contributed by atoms with Crippen LogP contribution in [-0.4, -0.2) is 17.1 Å². The van der Waals surface area contributed by atoms with Crippen LogP contribution in [0.25, 0.3) is 0 Å². The molecule has 1 aromatic heterocycles. The number of hydrogen-bond acceptors (Lipinski definition) is 4. The van der Waals surface area contributed by atoms with E-state index >= 15 is 0 Å². The fourth-order valence-electron chi connectivity index (χ4n) is 2.56. The van der Waals surface area contributed by atoms with E-state index in [1.54, 1.807) is 0 Å². The molecule has 1 aliphatic carbocycles. The highest BCUT2D eigenvalue weighted by molar-refractivity contribution is 5.69. The molecule has 1 aromatic carbocycles. The van der Waals surface area contributed by atoms with Crippen molar-refractivity contribution in [3.8, 4) is 0 Å². The summed E-state index contributed by atoms with van der Waals surface area (Å²) in [6.07, 6.45) is 2.38. The Morgan fingerprint density at radius 1 is 1.29 bits per heavy atom. The van der Waals surface area contributed by atoms with Crippen LogP contribution in [0.4, 0.5) is 5.69 Å². The van der Waals surface area contributed by atoms with Crippen molar-refractivity contribution in [2.45, 2.75) is 18.9 Å². The fourth-order valence-corrected chi connectivity index (χ4v) is 2.56. The lowest BCUT2D eigenvalue weighted by atomic mass is 9.78. The Balaban J connectivity index is 1.56. The van der Waals surface area contributed by atoms with Crippen LogP contribution in [0.5, 0.6) is 0 Å². The number of ether oxygens (including phenoxy) is 1. The lowest BCUT2D eigenvalue weighted by Gasteiger charge is -2.29. The van der Waals surface area contributed by atoms with E-state index in [-0.39, 0.29) is 18.0 Å². The third-order valence-corrected chi connectivity index (χ3v) is 3.71. The SMILES string of the molecule is Nc1ccc(=O)n(CC(=O)OCC2Cc3ccccc32)c1. The second-order valence-corrected chi connectivity index (χ2v) is 5.21. The Morgan fingerprint density at radius 3 is 2.90 bits per heavy atom. The molecule has 0 saturated carbocycles. The molecule has 0 aliphatic heterocycles. The standard InChI is InChI=1S/C16H16N2O3/c17-13-5-6-15(19)18(8-13)9-16(20)21-10-12-7-11-3-1-2-4-14(11)12/h1-6,8,12H,7,9-10,17H2. The highest BCUT2D eigenvalue weighted by atomic mass is 16.5. The predicted molar refractivity (Wildman–Crippen MR) is 79.0 cm³/mol. The summed E-state index contributed by atoms with van der Waals surface area (Å²) in [5.74, 6) is -0.158. The second kappa shape index (κ2) is 5.44. The van der Waals surface area contributed by atoms with Crippen LogP contribution in [0.15, 0.2) is 47.4 Å². The van der Waals surface area contributed by atoms with Crippen molar-refractivity contribution in [1.29, 1.82) is 0 Å². The van der Waals surface area contributed by atoms with E-state index in [1.807, 2.05) is 12.1 Å². The molecule has 0 bridgehead atoms. The van der Waals surface area contributed by atoms with E-state index in [1.165, 1.54) is 34.0 Å². The molecule has 3 rings (SSSR count). The average molecular weight is 284 g/mol. The van der Waals surface area contributed by atoms with Crippen LogP contribution in [0.1, 0.15) is 17.0 Å². The molecule has 5 nitrogen and oxygen atoms in total. The number of aromatic nitrogens is 1. The number of nitrogens with zero attached hydrogens (tertiary/aromatic N) is 1. The summed E-state index contributed by atoms with van der Waals surface area (Å²) in [4.78, 5) is 23.4. The highest BCUT2D eigenvalue weighted by Crippen LogP contribution is 2.34. The summed E-state index contributed by atoms with van der Waals surface area (Å²) in [7, 11) is 0. The van der Waals surface area contributed by atoms with Gasteiger partial charge in [0.2, 0.25) is 0 Å². The number of nitrogens with two attached hydrogens (primary N) is 1.